The number of aromatic nitrogens is 1. The minimum atomic E-state index is -0.139. The van der Waals surface area contributed by atoms with Gasteiger partial charge < -0.3 is 14.5 Å². The number of nitrogens with zero attached hydrogens (tertiary/aromatic N) is 1. The van der Waals surface area contributed by atoms with Crippen LogP contribution >= 0.6 is 0 Å². The van der Waals surface area contributed by atoms with Gasteiger partial charge in [-0.2, -0.15) is 0 Å². The summed E-state index contributed by atoms with van der Waals surface area (Å²) in [7, 11) is 1.59. The Balaban J connectivity index is 1.89. The van der Waals surface area contributed by atoms with Gasteiger partial charge in [-0.15, -0.1) is 0 Å². The smallest absolute Gasteiger partial charge is 0.237 e. The number of hydrogen-bond acceptors (Lipinski definition) is 5. The van der Waals surface area contributed by atoms with E-state index in [-0.39, 0.29) is 11.5 Å². The molecule has 0 aliphatic heterocycles. The third-order valence-electron chi connectivity index (χ3n) is 5.23. The highest BCUT2D eigenvalue weighted by Gasteiger charge is 2.19. The van der Waals surface area contributed by atoms with Gasteiger partial charge in [-0.3, -0.25) is 4.79 Å². The van der Waals surface area contributed by atoms with E-state index in [1.165, 1.54) is 0 Å². The fourth-order valence-corrected chi connectivity index (χ4v) is 3.73. The number of rotatable bonds is 5. The third-order valence-corrected chi connectivity index (χ3v) is 5.23. The zero-order valence-electron chi connectivity index (χ0n) is 17.5. The molecule has 30 heavy (non-hydrogen) atoms. The molecule has 0 aliphatic carbocycles. The maximum absolute atomic E-state index is 13.2. The number of benzene rings is 2. The van der Waals surface area contributed by atoms with E-state index in [9.17, 15) is 4.79 Å². The summed E-state index contributed by atoms with van der Waals surface area (Å²) in [6.07, 6.45) is 1.69. The maximum atomic E-state index is 13.2. The highest BCUT2D eigenvalue weighted by atomic mass is 16.5. The predicted molar refractivity (Wildman–Crippen MR) is 120 cm³/mol. The molecule has 1 N–H and O–H groups in total. The van der Waals surface area contributed by atoms with Crippen molar-refractivity contribution in [1.29, 1.82) is 0 Å². The Morgan fingerprint density at radius 2 is 1.83 bits per heavy atom. The molecule has 4 aromatic rings. The van der Waals surface area contributed by atoms with Crippen molar-refractivity contribution in [2.24, 2.45) is 0 Å². The van der Waals surface area contributed by atoms with Crippen molar-refractivity contribution < 1.29 is 9.15 Å². The largest absolute Gasteiger partial charge is 0.480 e. The molecule has 0 fully saturated rings. The number of aryl methyl sites for hydroxylation is 1. The molecular weight excluding hydrogens is 376 g/mol. The molecule has 2 aromatic heterocycles. The molecule has 0 saturated carbocycles. The molecule has 0 saturated heterocycles. The van der Waals surface area contributed by atoms with Crippen LogP contribution in [0.25, 0.3) is 22.3 Å². The van der Waals surface area contributed by atoms with Gasteiger partial charge in [0.15, 0.2) is 5.43 Å². The number of nitrogens with one attached hydrogen (secondary N) is 1. The van der Waals surface area contributed by atoms with E-state index in [4.69, 9.17) is 9.15 Å². The third kappa shape index (κ3) is 3.54. The van der Waals surface area contributed by atoms with Crippen LogP contribution < -0.4 is 15.5 Å². The summed E-state index contributed by atoms with van der Waals surface area (Å²) in [5.74, 6) is 1.12. The molecule has 0 radical (unpaired) electrons. The second-order valence-corrected chi connectivity index (χ2v) is 7.41. The summed E-state index contributed by atoms with van der Waals surface area (Å²) >= 11 is 0. The quantitative estimate of drug-likeness (QED) is 0.469. The van der Waals surface area contributed by atoms with E-state index in [1.807, 2.05) is 69.3 Å². The van der Waals surface area contributed by atoms with Gasteiger partial charge in [-0.1, -0.05) is 36.4 Å². The Morgan fingerprint density at radius 3 is 2.57 bits per heavy atom. The summed E-state index contributed by atoms with van der Waals surface area (Å²) in [6, 6.07) is 17.3. The zero-order chi connectivity index (χ0) is 21.3. The summed E-state index contributed by atoms with van der Waals surface area (Å²) in [5, 5.41) is 4.03. The van der Waals surface area contributed by atoms with Crippen molar-refractivity contribution in [3.8, 4) is 17.2 Å². The monoisotopic (exact) mass is 400 g/mol. The lowest BCUT2D eigenvalue weighted by atomic mass is 9.99. The topological polar surface area (TPSA) is 64.4 Å². The molecule has 0 spiro atoms. The average molecular weight is 400 g/mol. The van der Waals surface area contributed by atoms with Crippen LogP contribution in [0.3, 0.4) is 0 Å². The Kier molecular flexibility index (Phi) is 5.27. The number of anilines is 1. The first-order chi connectivity index (χ1) is 14.5. The van der Waals surface area contributed by atoms with E-state index in [0.717, 1.165) is 22.4 Å². The van der Waals surface area contributed by atoms with Crippen LogP contribution in [0.15, 0.2) is 70.0 Å². The maximum Gasteiger partial charge on any atom is 0.237 e. The van der Waals surface area contributed by atoms with Crippen LogP contribution in [0.5, 0.6) is 5.88 Å². The molecule has 2 aromatic carbocycles. The van der Waals surface area contributed by atoms with Crippen LogP contribution in [0.4, 0.5) is 5.69 Å². The SMILES string of the molecule is COc1ncccc1N[C@H](C)c1cc(C)cc2c(=O)c(C)c(-c3ccccc3)oc12. The van der Waals surface area contributed by atoms with E-state index < -0.39 is 0 Å². The second kappa shape index (κ2) is 8.03. The Bertz CT molecular complexity index is 1260. The van der Waals surface area contributed by atoms with Gasteiger partial charge >= 0.3 is 0 Å². The minimum absolute atomic E-state index is 0.00814. The molecule has 5 heteroatoms. The zero-order valence-corrected chi connectivity index (χ0v) is 17.5. The molecule has 5 nitrogen and oxygen atoms in total. The molecule has 1 atom stereocenters. The molecule has 0 bridgehead atoms. The van der Waals surface area contributed by atoms with Crippen molar-refractivity contribution in [3.05, 3.63) is 87.7 Å². The van der Waals surface area contributed by atoms with Gasteiger partial charge in [-0.05, 0) is 44.5 Å². The highest BCUT2D eigenvalue weighted by Crippen LogP contribution is 2.33. The summed E-state index contributed by atoms with van der Waals surface area (Å²) in [5.41, 5.74) is 4.77. The first-order valence-corrected chi connectivity index (χ1v) is 9.88. The first kappa shape index (κ1) is 19.7. The van der Waals surface area contributed by atoms with Crippen molar-refractivity contribution in [1.82, 2.24) is 4.98 Å². The van der Waals surface area contributed by atoms with E-state index in [2.05, 4.69) is 16.4 Å². The number of methoxy groups -OCH3 is 1. The molecule has 0 unspecified atom stereocenters. The molecule has 4 rings (SSSR count). The Labute approximate surface area is 175 Å². The van der Waals surface area contributed by atoms with Crippen molar-refractivity contribution in [3.63, 3.8) is 0 Å². The van der Waals surface area contributed by atoms with Gasteiger partial charge in [0.1, 0.15) is 11.3 Å². The van der Waals surface area contributed by atoms with Crippen LogP contribution in [-0.2, 0) is 0 Å². The normalized spacial score (nSPS) is 12.0. The van der Waals surface area contributed by atoms with Gasteiger partial charge in [0.2, 0.25) is 5.88 Å². The lowest BCUT2D eigenvalue weighted by Crippen LogP contribution is -2.13. The van der Waals surface area contributed by atoms with E-state index in [1.54, 1.807) is 13.3 Å². The minimum Gasteiger partial charge on any atom is -0.480 e. The van der Waals surface area contributed by atoms with E-state index >= 15 is 0 Å². The molecule has 0 amide bonds. The first-order valence-electron chi connectivity index (χ1n) is 9.88. The summed E-state index contributed by atoms with van der Waals surface area (Å²) < 4.78 is 11.7. The van der Waals surface area contributed by atoms with Crippen LogP contribution in [0.1, 0.15) is 29.7 Å². The lowest BCUT2D eigenvalue weighted by Gasteiger charge is -2.19. The fourth-order valence-electron chi connectivity index (χ4n) is 3.73. The van der Waals surface area contributed by atoms with Crippen LogP contribution in [-0.4, -0.2) is 12.1 Å². The standard InChI is InChI=1S/C25H24N2O3/c1-15-13-19(17(3)27-21-11-8-12-26-25(21)29-4)24-20(14-15)22(28)16(2)23(30-24)18-9-6-5-7-10-18/h5-14,17,27H,1-4H3/t17-/m1/s1. The Morgan fingerprint density at radius 1 is 1.07 bits per heavy atom. The summed E-state index contributed by atoms with van der Waals surface area (Å²) in [6.45, 7) is 5.83. The molecule has 0 aliphatic rings. The van der Waals surface area contributed by atoms with Gasteiger partial charge in [0.25, 0.3) is 0 Å². The van der Waals surface area contributed by atoms with Crippen LogP contribution in [0, 0.1) is 13.8 Å². The molecule has 152 valence electrons. The number of ether oxygens (including phenoxy) is 1. The van der Waals surface area contributed by atoms with Crippen LogP contribution in [0.2, 0.25) is 0 Å². The number of pyridine rings is 1. The average Bonchev–Trinajstić information content (AvgIpc) is 2.77. The number of fused-ring (bicyclic) bond motifs is 1. The number of hydrogen-bond donors (Lipinski definition) is 1. The highest BCUT2D eigenvalue weighted by molar-refractivity contribution is 5.84. The summed E-state index contributed by atoms with van der Waals surface area (Å²) in [4.78, 5) is 17.4. The molecule has 2 heterocycles. The molecular formula is C25H24N2O3. The van der Waals surface area contributed by atoms with Gasteiger partial charge in [0, 0.05) is 22.9 Å². The van der Waals surface area contributed by atoms with Crippen molar-refractivity contribution in [2.45, 2.75) is 26.8 Å². The predicted octanol–water partition coefficient (Wildman–Crippen LogP) is 5.65. The van der Waals surface area contributed by atoms with Gasteiger partial charge in [0.05, 0.1) is 24.2 Å². The fraction of sp³-hybridized carbons (Fsp3) is 0.200. The van der Waals surface area contributed by atoms with Crippen molar-refractivity contribution >= 4 is 16.7 Å². The lowest BCUT2D eigenvalue weighted by molar-refractivity contribution is 0.399. The van der Waals surface area contributed by atoms with Gasteiger partial charge in [-0.25, -0.2) is 4.98 Å². The second-order valence-electron chi connectivity index (χ2n) is 7.41. The van der Waals surface area contributed by atoms with E-state index in [0.29, 0.717) is 28.2 Å². The van der Waals surface area contributed by atoms with Crippen molar-refractivity contribution in [2.75, 3.05) is 12.4 Å². The Hall–Kier alpha value is -3.60.